The monoisotopic (exact) mass is 365 g/mol. The van der Waals surface area contributed by atoms with Crippen LogP contribution in [0.4, 0.5) is 8.78 Å². The molecule has 1 amide bonds. The van der Waals surface area contributed by atoms with Crippen LogP contribution in [-0.4, -0.2) is 16.1 Å². The van der Waals surface area contributed by atoms with E-state index in [0.717, 1.165) is 18.3 Å². The molecule has 22 heavy (non-hydrogen) atoms. The Balaban J connectivity index is 1.95. The highest BCUT2D eigenvalue weighted by molar-refractivity contribution is 7.11. The summed E-state index contributed by atoms with van der Waals surface area (Å²) in [5.74, 6) is -3.37. The quantitative estimate of drug-likeness (QED) is 0.876. The number of carbonyl (C=O) groups excluding carboxylic acids is 1. The Morgan fingerprint density at radius 2 is 1.95 bits per heavy atom. The van der Waals surface area contributed by atoms with Crippen molar-refractivity contribution in [2.45, 2.75) is 25.8 Å². The van der Waals surface area contributed by atoms with Crippen molar-refractivity contribution in [3.63, 3.8) is 0 Å². The minimum Gasteiger partial charge on any atom is -0.349 e. The first-order chi connectivity index (χ1) is 10.3. The highest BCUT2D eigenvalue weighted by Crippen LogP contribution is 2.29. The lowest BCUT2D eigenvalue weighted by Gasteiger charge is -2.07. The third-order valence-electron chi connectivity index (χ3n) is 2.68. The zero-order chi connectivity index (χ0) is 16.3. The van der Waals surface area contributed by atoms with Crippen LogP contribution in [0.5, 0.6) is 0 Å². The predicted molar refractivity (Wildman–Crippen MR) is 81.5 cm³/mol. The summed E-state index contributed by atoms with van der Waals surface area (Å²) >= 11 is 12.7. The van der Waals surface area contributed by atoms with Crippen LogP contribution in [-0.2, 0) is 23.7 Å². The second-order valence-electron chi connectivity index (χ2n) is 4.54. The van der Waals surface area contributed by atoms with Crippen LogP contribution in [0, 0.1) is 0 Å². The number of benzene rings is 1. The highest BCUT2D eigenvalue weighted by Gasteiger charge is 2.29. The maximum atomic E-state index is 13.0. The molecule has 4 nitrogen and oxygen atoms in total. The Labute approximate surface area is 139 Å². The van der Waals surface area contributed by atoms with E-state index in [4.69, 9.17) is 23.2 Å². The molecule has 2 aromatic rings. The van der Waals surface area contributed by atoms with Gasteiger partial charge in [0.15, 0.2) is 5.01 Å². The topological polar surface area (TPSA) is 54.9 Å². The molecule has 0 saturated heterocycles. The van der Waals surface area contributed by atoms with Gasteiger partial charge in [-0.3, -0.25) is 4.79 Å². The van der Waals surface area contributed by atoms with Gasteiger partial charge in [0, 0.05) is 17.0 Å². The number of nitrogens with one attached hydrogen (secondary N) is 1. The summed E-state index contributed by atoms with van der Waals surface area (Å²) in [6, 6.07) is 4.95. The molecular weight excluding hydrogens is 355 g/mol. The zero-order valence-electron chi connectivity index (χ0n) is 11.4. The molecule has 0 aliphatic heterocycles. The lowest BCUT2D eigenvalue weighted by molar-refractivity contribution is -0.120. The van der Waals surface area contributed by atoms with Gasteiger partial charge in [0.05, 0.1) is 13.0 Å². The van der Waals surface area contributed by atoms with Crippen LogP contribution in [0.3, 0.4) is 0 Å². The summed E-state index contributed by atoms with van der Waals surface area (Å²) in [5.41, 5.74) is 0.515. The lowest BCUT2D eigenvalue weighted by Crippen LogP contribution is -2.24. The van der Waals surface area contributed by atoms with Gasteiger partial charge < -0.3 is 5.32 Å². The average Bonchev–Trinajstić information content (AvgIpc) is 2.90. The maximum Gasteiger partial charge on any atom is 0.298 e. The number of alkyl halides is 2. The molecule has 0 fully saturated rings. The Morgan fingerprint density at radius 3 is 2.50 bits per heavy atom. The van der Waals surface area contributed by atoms with Crippen LogP contribution in [0.15, 0.2) is 18.2 Å². The Morgan fingerprint density at radius 1 is 1.32 bits per heavy atom. The van der Waals surface area contributed by atoms with Crippen molar-refractivity contribution in [2.24, 2.45) is 0 Å². The molecule has 9 heteroatoms. The van der Waals surface area contributed by atoms with E-state index in [9.17, 15) is 13.6 Å². The molecule has 0 aliphatic rings. The van der Waals surface area contributed by atoms with Crippen LogP contribution < -0.4 is 5.32 Å². The molecule has 118 valence electrons. The highest BCUT2D eigenvalue weighted by atomic mass is 35.5. The summed E-state index contributed by atoms with van der Waals surface area (Å²) in [6.07, 6.45) is -0.00585. The van der Waals surface area contributed by atoms with E-state index in [1.54, 1.807) is 18.2 Å². The van der Waals surface area contributed by atoms with E-state index in [2.05, 4.69) is 15.5 Å². The normalized spacial score (nSPS) is 11.5. The first-order valence-electron chi connectivity index (χ1n) is 6.17. The van der Waals surface area contributed by atoms with Crippen LogP contribution in [0.1, 0.15) is 22.5 Å². The SMILES string of the molecule is CC(F)(F)c1nnc(CNC(=O)Cc2c(Cl)cccc2Cl)s1. The van der Waals surface area contributed by atoms with Crippen molar-refractivity contribution in [1.82, 2.24) is 15.5 Å². The molecule has 1 aromatic heterocycles. The van der Waals surface area contributed by atoms with Gasteiger partial charge >= 0.3 is 0 Å². The fourth-order valence-corrected chi connectivity index (χ4v) is 2.84. The van der Waals surface area contributed by atoms with Gasteiger partial charge in [-0.25, -0.2) is 0 Å². The van der Waals surface area contributed by atoms with Gasteiger partial charge in [0.2, 0.25) is 5.91 Å². The molecule has 0 radical (unpaired) electrons. The Hall–Kier alpha value is -1.31. The van der Waals surface area contributed by atoms with Crippen LogP contribution in [0.2, 0.25) is 10.0 Å². The summed E-state index contributed by atoms with van der Waals surface area (Å²) in [4.78, 5) is 11.9. The van der Waals surface area contributed by atoms with E-state index in [1.165, 1.54) is 0 Å². The molecule has 0 aliphatic carbocycles. The minimum atomic E-state index is -3.04. The lowest BCUT2D eigenvalue weighted by atomic mass is 10.1. The number of carbonyl (C=O) groups is 1. The van der Waals surface area contributed by atoms with E-state index in [1.807, 2.05) is 0 Å². The van der Waals surface area contributed by atoms with Gasteiger partial charge in [-0.05, 0) is 17.7 Å². The average molecular weight is 366 g/mol. The van der Waals surface area contributed by atoms with Crippen molar-refractivity contribution in [3.8, 4) is 0 Å². The fourth-order valence-electron chi connectivity index (χ4n) is 1.60. The van der Waals surface area contributed by atoms with E-state index in [0.29, 0.717) is 20.6 Å². The van der Waals surface area contributed by atoms with Gasteiger partial charge in [0.25, 0.3) is 5.92 Å². The van der Waals surface area contributed by atoms with Gasteiger partial charge in [0.1, 0.15) is 5.01 Å². The van der Waals surface area contributed by atoms with E-state index < -0.39 is 5.92 Å². The van der Waals surface area contributed by atoms with E-state index in [-0.39, 0.29) is 23.9 Å². The molecule has 0 atom stereocenters. The zero-order valence-corrected chi connectivity index (χ0v) is 13.7. The smallest absolute Gasteiger partial charge is 0.298 e. The predicted octanol–water partition coefficient (Wildman–Crippen LogP) is 3.82. The number of aromatic nitrogens is 2. The third-order valence-corrected chi connectivity index (χ3v) is 4.48. The summed E-state index contributed by atoms with van der Waals surface area (Å²) in [5, 5.41) is 10.3. The Bertz CT molecular complexity index is 668. The number of hydrogen-bond acceptors (Lipinski definition) is 4. The second-order valence-corrected chi connectivity index (χ2v) is 6.42. The van der Waals surface area contributed by atoms with Crippen molar-refractivity contribution >= 4 is 40.4 Å². The summed E-state index contributed by atoms with van der Waals surface area (Å²) < 4.78 is 26.1. The largest absolute Gasteiger partial charge is 0.349 e. The molecule has 2 rings (SSSR count). The molecule has 1 aromatic carbocycles. The van der Waals surface area contributed by atoms with Crippen molar-refractivity contribution in [3.05, 3.63) is 43.8 Å². The van der Waals surface area contributed by atoms with Crippen molar-refractivity contribution < 1.29 is 13.6 Å². The van der Waals surface area contributed by atoms with Crippen LogP contribution >= 0.6 is 34.5 Å². The summed E-state index contributed by atoms with van der Waals surface area (Å²) in [6.45, 7) is 0.768. The molecule has 0 bridgehead atoms. The molecule has 1 heterocycles. The first-order valence-corrected chi connectivity index (χ1v) is 7.75. The Kier molecular flexibility index (Phi) is 5.31. The van der Waals surface area contributed by atoms with E-state index >= 15 is 0 Å². The number of rotatable bonds is 5. The van der Waals surface area contributed by atoms with Gasteiger partial charge in [-0.15, -0.1) is 10.2 Å². The fraction of sp³-hybridized carbons (Fsp3) is 0.308. The maximum absolute atomic E-state index is 13.0. The van der Waals surface area contributed by atoms with Gasteiger partial charge in [-0.1, -0.05) is 40.6 Å². The molecule has 0 saturated carbocycles. The van der Waals surface area contributed by atoms with Crippen LogP contribution in [0.25, 0.3) is 0 Å². The third kappa shape index (κ3) is 4.34. The number of hydrogen-bond donors (Lipinski definition) is 1. The molecular formula is C13H11Cl2F2N3OS. The number of halogens is 4. The van der Waals surface area contributed by atoms with Crippen molar-refractivity contribution in [1.29, 1.82) is 0 Å². The summed E-state index contributed by atoms with van der Waals surface area (Å²) in [7, 11) is 0. The van der Waals surface area contributed by atoms with Crippen molar-refractivity contribution in [2.75, 3.05) is 0 Å². The molecule has 0 spiro atoms. The second kappa shape index (κ2) is 6.85. The first kappa shape index (κ1) is 17.1. The minimum absolute atomic E-state index is 0.00585. The van der Waals surface area contributed by atoms with Gasteiger partial charge in [-0.2, -0.15) is 8.78 Å². The molecule has 1 N–H and O–H groups in total. The number of amides is 1. The molecule has 0 unspecified atom stereocenters. The standard InChI is InChI=1S/C13H11Cl2F2N3OS/c1-13(16,17)12-20-19-11(22-12)6-18-10(21)5-7-8(14)3-2-4-9(7)15/h2-4H,5-6H2,1H3,(H,18,21). The number of nitrogens with zero attached hydrogens (tertiary/aromatic N) is 2.